The first-order chi connectivity index (χ1) is 18.1. The van der Waals surface area contributed by atoms with Crippen molar-refractivity contribution in [2.24, 2.45) is 5.92 Å². The van der Waals surface area contributed by atoms with Gasteiger partial charge >= 0.3 is 5.97 Å². The molecule has 12 heteroatoms. The zero-order valence-electron chi connectivity index (χ0n) is 19.6. The standard InChI is InChI=1S/C26H17Cl2N3O7/c1-13-9-16(38-26(35)14-10-22(32)29(12-14)21-11-15(27)5-7-18(21)28)6-8-19(13)30-24(33)17-3-2-4-20(31(36)37)23(17)25(30)34/h2-9,11,14H,10,12H2,1H3/t14-/m0/s1. The van der Waals surface area contributed by atoms with Gasteiger partial charge in [-0.25, -0.2) is 4.90 Å². The Kier molecular flexibility index (Phi) is 6.38. The summed E-state index contributed by atoms with van der Waals surface area (Å²) in [4.78, 5) is 64.3. The van der Waals surface area contributed by atoms with Crippen molar-refractivity contribution in [3.63, 3.8) is 0 Å². The van der Waals surface area contributed by atoms with Crippen LogP contribution in [0.5, 0.6) is 5.75 Å². The smallest absolute Gasteiger partial charge is 0.316 e. The second-order valence-electron chi connectivity index (χ2n) is 8.77. The Labute approximate surface area is 225 Å². The average Bonchev–Trinajstić information content (AvgIpc) is 3.38. The summed E-state index contributed by atoms with van der Waals surface area (Å²) in [7, 11) is 0. The molecule has 5 rings (SSSR count). The molecule has 1 atom stereocenters. The number of halogens is 2. The molecule has 38 heavy (non-hydrogen) atoms. The normalized spacial score (nSPS) is 16.7. The number of rotatable bonds is 5. The number of hydrogen-bond donors (Lipinski definition) is 0. The topological polar surface area (TPSA) is 127 Å². The van der Waals surface area contributed by atoms with Crippen molar-refractivity contribution >= 4 is 64.0 Å². The summed E-state index contributed by atoms with van der Waals surface area (Å²) in [6, 6.07) is 12.9. The SMILES string of the molecule is Cc1cc(OC(=O)[C@H]2CC(=O)N(c3cc(Cl)ccc3Cl)C2)ccc1N1C(=O)c2cccc([N+](=O)[O-])c2C1=O. The Hall–Kier alpha value is -4.28. The van der Waals surface area contributed by atoms with E-state index in [9.17, 15) is 29.3 Å². The van der Waals surface area contributed by atoms with E-state index >= 15 is 0 Å². The van der Waals surface area contributed by atoms with Gasteiger partial charge in [0.05, 0.1) is 32.8 Å². The van der Waals surface area contributed by atoms with Crippen LogP contribution >= 0.6 is 23.2 Å². The molecule has 1 saturated heterocycles. The molecule has 3 aromatic rings. The number of carbonyl (C=O) groups excluding carboxylic acids is 4. The van der Waals surface area contributed by atoms with Crippen molar-refractivity contribution in [1.82, 2.24) is 0 Å². The zero-order chi connectivity index (χ0) is 27.3. The number of ether oxygens (including phenoxy) is 1. The van der Waals surface area contributed by atoms with Crippen LogP contribution in [0, 0.1) is 23.0 Å². The first-order valence-corrected chi connectivity index (χ1v) is 12.1. The van der Waals surface area contributed by atoms with Crippen LogP contribution in [0.25, 0.3) is 0 Å². The molecule has 0 N–H and O–H groups in total. The van der Waals surface area contributed by atoms with E-state index in [1.807, 2.05) is 0 Å². The van der Waals surface area contributed by atoms with Crippen LogP contribution in [0.4, 0.5) is 17.1 Å². The minimum atomic E-state index is -0.811. The predicted molar refractivity (Wildman–Crippen MR) is 138 cm³/mol. The maximum absolute atomic E-state index is 13.0. The maximum atomic E-state index is 13.0. The number of esters is 1. The fraction of sp³-hybridized carbons (Fsp3) is 0.154. The van der Waals surface area contributed by atoms with Gasteiger partial charge in [0.15, 0.2) is 0 Å². The van der Waals surface area contributed by atoms with Gasteiger partial charge in [-0.15, -0.1) is 0 Å². The highest BCUT2D eigenvalue weighted by molar-refractivity contribution is 6.36. The molecule has 2 aliphatic heterocycles. The number of aryl methyl sites for hydroxylation is 1. The van der Waals surface area contributed by atoms with Gasteiger partial charge in [0.2, 0.25) is 5.91 Å². The van der Waals surface area contributed by atoms with E-state index in [0.717, 1.165) is 11.0 Å². The molecule has 10 nitrogen and oxygen atoms in total. The number of anilines is 2. The summed E-state index contributed by atoms with van der Waals surface area (Å²) in [5.74, 6) is -3.05. The molecule has 2 aliphatic rings. The number of nitro benzene ring substituents is 1. The number of nitro groups is 1. The maximum Gasteiger partial charge on any atom is 0.316 e. The fourth-order valence-electron chi connectivity index (χ4n) is 4.57. The first-order valence-electron chi connectivity index (χ1n) is 11.3. The first kappa shape index (κ1) is 25.4. The highest BCUT2D eigenvalue weighted by Gasteiger charge is 2.42. The molecule has 0 radical (unpaired) electrons. The molecular weight excluding hydrogens is 537 g/mol. The number of benzene rings is 3. The van der Waals surface area contributed by atoms with E-state index in [0.29, 0.717) is 21.3 Å². The number of carbonyl (C=O) groups is 4. The van der Waals surface area contributed by atoms with Gasteiger partial charge in [-0.05, 0) is 55.0 Å². The van der Waals surface area contributed by atoms with Crippen molar-refractivity contribution in [2.45, 2.75) is 13.3 Å². The molecule has 0 aliphatic carbocycles. The van der Waals surface area contributed by atoms with Gasteiger partial charge in [0.1, 0.15) is 11.3 Å². The Morgan fingerprint density at radius 3 is 2.50 bits per heavy atom. The monoisotopic (exact) mass is 553 g/mol. The molecule has 192 valence electrons. The lowest BCUT2D eigenvalue weighted by molar-refractivity contribution is -0.385. The van der Waals surface area contributed by atoms with Crippen LogP contribution in [-0.2, 0) is 9.59 Å². The van der Waals surface area contributed by atoms with Gasteiger partial charge in [-0.3, -0.25) is 29.3 Å². The lowest BCUT2D eigenvalue weighted by Crippen LogP contribution is -2.30. The molecular formula is C26H17Cl2N3O7. The molecule has 0 aromatic heterocycles. The van der Waals surface area contributed by atoms with Gasteiger partial charge in [0, 0.05) is 24.1 Å². The Morgan fingerprint density at radius 2 is 1.79 bits per heavy atom. The summed E-state index contributed by atoms with van der Waals surface area (Å²) in [5.41, 5.74) is 0.235. The van der Waals surface area contributed by atoms with Crippen LogP contribution in [0.2, 0.25) is 10.0 Å². The third-order valence-corrected chi connectivity index (χ3v) is 6.93. The second-order valence-corrected chi connectivity index (χ2v) is 9.62. The van der Waals surface area contributed by atoms with Gasteiger partial charge in [-0.1, -0.05) is 29.3 Å². The molecule has 0 saturated carbocycles. The average molecular weight is 554 g/mol. The Bertz CT molecular complexity index is 1570. The molecule has 0 bridgehead atoms. The summed E-state index contributed by atoms with van der Waals surface area (Å²) >= 11 is 12.2. The van der Waals surface area contributed by atoms with Gasteiger partial charge in [0.25, 0.3) is 17.5 Å². The van der Waals surface area contributed by atoms with Crippen molar-refractivity contribution in [3.8, 4) is 5.75 Å². The second kappa shape index (κ2) is 9.55. The van der Waals surface area contributed by atoms with E-state index in [1.54, 1.807) is 25.1 Å². The Balaban J connectivity index is 1.33. The van der Waals surface area contributed by atoms with E-state index in [-0.39, 0.29) is 41.4 Å². The van der Waals surface area contributed by atoms with E-state index in [4.69, 9.17) is 27.9 Å². The highest BCUT2D eigenvalue weighted by atomic mass is 35.5. The quantitative estimate of drug-likeness (QED) is 0.143. The van der Waals surface area contributed by atoms with Crippen LogP contribution in [-0.4, -0.2) is 35.2 Å². The molecule has 3 aromatic carbocycles. The zero-order valence-corrected chi connectivity index (χ0v) is 21.2. The van der Waals surface area contributed by atoms with Crippen LogP contribution in [0.15, 0.2) is 54.6 Å². The number of imide groups is 1. The summed E-state index contributed by atoms with van der Waals surface area (Å²) in [6.45, 7) is 1.66. The third-order valence-electron chi connectivity index (χ3n) is 6.37. The molecule has 3 amide bonds. The highest BCUT2D eigenvalue weighted by Crippen LogP contribution is 2.37. The summed E-state index contributed by atoms with van der Waals surface area (Å²) < 4.78 is 5.49. The van der Waals surface area contributed by atoms with Crippen LogP contribution in [0.3, 0.4) is 0 Å². The van der Waals surface area contributed by atoms with E-state index in [1.165, 1.54) is 35.2 Å². The van der Waals surface area contributed by atoms with Crippen molar-refractivity contribution in [3.05, 3.63) is 91.4 Å². The van der Waals surface area contributed by atoms with Gasteiger partial charge < -0.3 is 9.64 Å². The van der Waals surface area contributed by atoms with Gasteiger partial charge in [-0.2, -0.15) is 0 Å². The molecule has 0 unspecified atom stereocenters. The van der Waals surface area contributed by atoms with Crippen molar-refractivity contribution in [2.75, 3.05) is 16.3 Å². The van der Waals surface area contributed by atoms with Crippen molar-refractivity contribution < 1.29 is 28.8 Å². The van der Waals surface area contributed by atoms with E-state index in [2.05, 4.69) is 0 Å². The number of fused-ring (bicyclic) bond motifs is 1. The molecule has 2 heterocycles. The lowest BCUT2D eigenvalue weighted by Gasteiger charge is -2.19. The lowest BCUT2D eigenvalue weighted by atomic mass is 10.1. The molecule has 1 fully saturated rings. The number of nitrogens with zero attached hydrogens (tertiary/aromatic N) is 3. The fourth-order valence-corrected chi connectivity index (χ4v) is 4.96. The summed E-state index contributed by atoms with van der Waals surface area (Å²) in [6.07, 6.45) is -0.0768. The number of hydrogen-bond acceptors (Lipinski definition) is 7. The van der Waals surface area contributed by atoms with E-state index < -0.39 is 34.3 Å². The van der Waals surface area contributed by atoms with Crippen LogP contribution < -0.4 is 14.5 Å². The molecule has 0 spiro atoms. The summed E-state index contributed by atoms with van der Waals surface area (Å²) in [5, 5.41) is 12.1. The Morgan fingerprint density at radius 1 is 1.03 bits per heavy atom. The largest absolute Gasteiger partial charge is 0.426 e. The number of amides is 3. The minimum Gasteiger partial charge on any atom is -0.426 e. The third kappa shape index (κ3) is 4.27. The minimum absolute atomic E-state index is 0.0581. The van der Waals surface area contributed by atoms with Crippen LogP contribution in [0.1, 0.15) is 32.7 Å². The predicted octanol–water partition coefficient (Wildman–Crippen LogP) is 4.97. The van der Waals surface area contributed by atoms with Crippen molar-refractivity contribution in [1.29, 1.82) is 0 Å².